The van der Waals surface area contributed by atoms with Gasteiger partial charge in [0.25, 0.3) is 0 Å². The van der Waals surface area contributed by atoms with Crippen molar-refractivity contribution in [2.24, 2.45) is 0 Å². The Hall–Kier alpha value is -1.77. The number of fused-ring (bicyclic) bond motifs is 1. The van der Waals surface area contributed by atoms with Gasteiger partial charge in [-0.25, -0.2) is 4.98 Å². The first kappa shape index (κ1) is 10.7. The van der Waals surface area contributed by atoms with Crippen LogP contribution in [-0.4, -0.2) is 10.1 Å². The second kappa shape index (κ2) is 3.37. The minimum absolute atomic E-state index is 0.0211. The fourth-order valence-corrected chi connectivity index (χ4v) is 1.90. The van der Waals surface area contributed by atoms with Crippen LogP contribution in [0.2, 0.25) is 0 Å². The number of phenols is 1. The number of benzene rings is 1. The van der Waals surface area contributed by atoms with E-state index in [2.05, 4.69) is 25.8 Å². The van der Waals surface area contributed by atoms with Crippen LogP contribution in [0.5, 0.6) is 5.75 Å². The summed E-state index contributed by atoms with van der Waals surface area (Å²) in [5.74, 6) is 0.565. The number of nitrogen functional groups attached to an aromatic ring is 1. The van der Waals surface area contributed by atoms with Crippen molar-refractivity contribution in [3.05, 3.63) is 30.0 Å². The van der Waals surface area contributed by atoms with Crippen LogP contribution in [-0.2, 0) is 5.41 Å². The Morgan fingerprint density at radius 3 is 2.56 bits per heavy atom. The van der Waals surface area contributed by atoms with Crippen molar-refractivity contribution in [1.82, 2.24) is 4.98 Å². The molecule has 2 rings (SSSR count). The van der Waals surface area contributed by atoms with Crippen LogP contribution >= 0.6 is 0 Å². The number of nitrogens with two attached hydrogens (primary N) is 1. The molecule has 16 heavy (non-hydrogen) atoms. The SMILES string of the molecule is CC(C)(C)c1cnc(N)c2c(O)cccc12. The van der Waals surface area contributed by atoms with Gasteiger partial charge in [-0.1, -0.05) is 32.9 Å². The van der Waals surface area contributed by atoms with Gasteiger partial charge in [0.2, 0.25) is 0 Å². The zero-order valence-electron chi connectivity index (χ0n) is 9.78. The summed E-state index contributed by atoms with van der Waals surface area (Å²) in [6.07, 6.45) is 1.79. The van der Waals surface area contributed by atoms with Gasteiger partial charge in [-0.3, -0.25) is 0 Å². The lowest BCUT2D eigenvalue weighted by molar-refractivity contribution is 0.481. The fraction of sp³-hybridized carbons (Fsp3) is 0.308. The number of phenolic OH excluding ortho intramolecular Hbond substituents is 1. The number of hydrogen-bond acceptors (Lipinski definition) is 3. The topological polar surface area (TPSA) is 59.1 Å². The van der Waals surface area contributed by atoms with E-state index < -0.39 is 0 Å². The van der Waals surface area contributed by atoms with Gasteiger partial charge in [-0.15, -0.1) is 0 Å². The number of nitrogens with zero attached hydrogens (tertiary/aromatic N) is 1. The fourth-order valence-electron chi connectivity index (χ4n) is 1.90. The van der Waals surface area contributed by atoms with Crippen molar-refractivity contribution in [3.8, 4) is 5.75 Å². The second-order valence-corrected chi connectivity index (χ2v) is 5.01. The van der Waals surface area contributed by atoms with Crippen molar-refractivity contribution in [3.63, 3.8) is 0 Å². The van der Waals surface area contributed by atoms with Crippen molar-refractivity contribution in [2.75, 3.05) is 5.73 Å². The molecule has 0 saturated heterocycles. The average Bonchev–Trinajstić information content (AvgIpc) is 2.16. The van der Waals surface area contributed by atoms with Crippen LogP contribution in [0.1, 0.15) is 26.3 Å². The van der Waals surface area contributed by atoms with Crippen LogP contribution in [0.25, 0.3) is 10.8 Å². The molecule has 0 atom stereocenters. The van der Waals surface area contributed by atoms with Crippen LogP contribution in [0.15, 0.2) is 24.4 Å². The molecule has 0 unspecified atom stereocenters. The quantitative estimate of drug-likeness (QED) is 0.712. The maximum Gasteiger partial charge on any atom is 0.134 e. The van der Waals surface area contributed by atoms with Gasteiger partial charge < -0.3 is 10.8 Å². The van der Waals surface area contributed by atoms with Crippen LogP contribution in [0, 0.1) is 0 Å². The Kier molecular flexibility index (Phi) is 2.26. The highest BCUT2D eigenvalue weighted by molar-refractivity contribution is 5.98. The smallest absolute Gasteiger partial charge is 0.134 e. The van der Waals surface area contributed by atoms with Crippen LogP contribution < -0.4 is 5.73 Å². The van der Waals surface area contributed by atoms with Gasteiger partial charge >= 0.3 is 0 Å². The Morgan fingerprint density at radius 1 is 1.25 bits per heavy atom. The minimum atomic E-state index is -0.0211. The lowest BCUT2D eigenvalue weighted by Crippen LogP contribution is -2.12. The van der Waals surface area contributed by atoms with Crippen LogP contribution in [0.4, 0.5) is 5.82 Å². The maximum absolute atomic E-state index is 9.82. The Morgan fingerprint density at radius 2 is 1.94 bits per heavy atom. The standard InChI is InChI=1S/C13H16N2O/c1-13(2,3)9-7-15-12(14)11-8(9)5-4-6-10(11)16/h4-7,16H,1-3H3,(H2,14,15). The lowest BCUT2D eigenvalue weighted by Gasteiger charge is -2.21. The summed E-state index contributed by atoms with van der Waals surface area (Å²) in [6, 6.07) is 5.42. The molecule has 1 aromatic carbocycles. The maximum atomic E-state index is 9.82. The van der Waals surface area contributed by atoms with Gasteiger partial charge in [-0.05, 0) is 22.4 Å². The largest absolute Gasteiger partial charge is 0.507 e. The number of pyridine rings is 1. The molecular formula is C13H16N2O. The minimum Gasteiger partial charge on any atom is -0.507 e. The predicted octanol–water partition coefficient (Wildman–Crippen LogP) is 2.82. The summed E-state index contributed by atoms with van der Waals surface area (Å²) < 4.78 is 0. The molecule has 0 saturated carbocycles. The van der Waals surface area contributed by atoms with Crippen molar-refractivity contribution in [2.45, 2.75) is 26.2 Å². The molecule has 0 aliphatic heterocycles. The third kappa shape index (κ3) is 1.58. The molecule has 0 bridgehead atoms. The highest BCUT2D eigenvalue weighted by atomic mass is 16.3. The molecule has 0 spiro atoms. The van der Waals surface area contributed by atoms with Gasteiger partial charge in [-0.2, -0.15) is 0 Å². The predicted molar refractivity (Wildman–Crippen MR) is 66.5 cm³/mol. The molecule has 0 radical (unpaired) electrons. The van der Waals surface area contributed by atoms with E-state index in [1.165, 1.54) is 0 Å². The Balaban J connectivity index is 2.90. The highest BCUT2D eigenvalue weighted by Gasteiger charge is 2.19. The van der Waals surface area contributed by atoms with Crippen LogP contribution in [0.3, 0.4) is 0 Å². The number of aromatic nitrogens is 1. The molecule has 0 aliphatic carbocycles. The first-order valence-electron chi connectivity index (χ1n) is 5.28. The number of rotatable bonds is 0. The lowest BCUT2D eigenvalue weighted by atomic mass is 9.85. The van der Waals surface area contributed by atoms with Gasteiger partial charge in [0.1, 0.15) is 11.6 Å². The zero-order valence-corrected chi connectivity index (χ0v) is 9.78. The first-order valence-corrected chi connectivity index (χ1v) is 5.28. The third-order valence-corrected chi connectivity index (χ3v) is 2.73. The summed E-state index contributed by atoms with van der Waals surface area (Å²) in [6.45, 7) is 6.34. The van der Waals surface area contributed by atoms with E-state index in [1.807, 2.05) is 12.1 Å². The van der Waals surface area contributed by atoms with E-state index >= 15 is 0 Å². The molecule has 1 aromatic heterocycles. The van der Waals surface area contributed by atoms with Crippen molar-refractivity contribution < 1.29 is 5.11 Å². The zero-order chi connectivity index (χ0) is 11.9. The number of hydrogen-bond donors (Lipinski definition) is 2. The Bertz CT molecular complexity index is 533. The molecule has 0 amide bonds. The molecule has 84 valence electrons. The van der Waals surface area contributed by atoms with Crippen molar-refractivity contribution >= 4 is 16.6 Å². The summed E-state index contributed by atoms with van der Waals surface area (Å²) in [7, 11) is 0. The molecule has 1 heterocycles. The van der Waals surface area contributed by atoms with E-state index in [0.717, 1.165) is 10.9 Å². The molecule has 3 nitrogen and oxygen atoms in total. The molecule has 3 N–H and O–H groups in total. The Labute approximate surface area is 94.9 Å². The number of anilines is 1. The molecule has 0 aliphatic rings. The summed E-state index contributed by atoms with van der Waals surface area (Å²) in [5, 5.41) is 11.4. The third-order valence-electron chi connectivity index (χ3n) is 2.73. The first-order chi connectivity index (χ1) is 7.41. The van der Waals surface area contributed by atoms with Crippen molar-refractivity contribution in [1.29, 1.82) is 0 Å². The van der Waals surface area contributed by atoms with E-state index in [4.69, 9.17) is 5.73 Å². The summed E-state index contributed by atoms with van der Waals surface area (Å²) in [5.41, 5.74) is 6.87. The normalized spacial score (nSPS) is 11.9. The van der Waals surface area contributed by atoms with E-state index in [0.29, 0.717) is 11.2 Å². The summed E-state index contributed by atoms with van der Waals surface area (Å²) in [4.78, 5) is 4.15. The van der Waals surface area contributed by atoms with Gasteiger partial charge in [0.15, 0.2) is 0 Å². The second-order valence-electron chi connectivity index (χ2n) is 5.01. The van der Waals surface area contributed by atoms with E-state index in [9.17, 15) is 5.11 Å². The molecule has 3 heteroatoms. The highest BCUT2D eigenvalue weighted by Crippen LogP contribution is 2.35. The average molecular weight is 216 g/mol. The van der Waals surface area contributed by atoms with Gasteiger partial charge in [0, 0.05) is 6.20 Å². The monoisotopic (exact) mass is 216 g/mol. The summed E-state index contributed by atoms with van der Waals surface area (Å²) >= 11 is 0. The molecule has 0 fully saturated rings. The van der Waals surface area contributed by atoms with E-state index in [1.54, 1.807) is 12.3 Å². The van der Waals surface area contributed by atoms with E-state index in [-0.39, 0.29) is 11.2 Å². The molecule has 2 aromatic rings. The number of aromatic hydroxyl groups is 1. The van der Waals surface area contributed by atoms with Gasteiger partial charge in [0.05, 0.1) is 5.39 Å². The molecular weight excluding hydrogens is 200 g/mol.